The lowest BCUT2D eigenvalue weighted by Gasteiger charge is -2.35. The largest absolute Gasteiger partial charge is 0.497 e. The Kier molecular flexibility index (Phi) is 5.81. The van der Waals surface area contributed by atoms with E-state index in [1.54, 1.807) is 37.3 Å². The van der Waals surface area contributed by atoms with Crippen LogP contribution in [-0.4, -0.2) is 62.0 Å². The minimum absolute atomic E-state index is 0.0620. The first-order chi connectivity index (χ1) is 12.6. The number of methoxy groups -OCH3 is 2. The summed E-state index contributed by atoms with van der Waals surface area (Å²) in [6.45, 7) is 2.26. The van der Waals surface area contributed by atoms with E-state index in [2.05, 4.69) is 12.2 Å². The van der Waals surface area contributed by atoms with Crippen LogP contribution in [0.4, 0.5) is 0 Å². The number of piperazine rings is 1. The number of carbonyl (C=O) groups excluding carboxylic acids is 2. The van der Waals surface area contributed by atoms with Crippen molar-refractivity contribution in [2.24, 2.45) is 5.92 Å². The Balaban J connectivity index is 1.58. The Bertz CT molecular complexity index is 671. The molecule has 0 N–H and O–H groups in total. The quantitative estimate of drug-likeness (QED) is 0.758. The van der Waals surface area contributed by atoms with Crippen molar-refractivity contribution >= 4 is 11.8 Å². The minimum atomic E-state index is -0.0620. The van der Waals surface area contributed by atoms with Gasteiger partial charge >= 0.3 is 0 Å². The van der Waals surface area contributed by atoms with E-state index in [0.717, 1.165) is 12.8 Å². The molecule has 1 heterocycles. The summed E-state index contributed by atoms with van der Waals surface area (Å²) in [5.41, 5.74) is 0.539. The summed E-state index contributed by atoms with van der Waals surface area (Å²) in [7, 11) is 3.12. The summed E-state index contributed by atoms with van der Waals surface area (Å²) >= 11 is 0. The summed E-state index contributed by atoms with van der Waals surface area (Å²) < 4.78 is 10.5. The molecular weight excluding hydrogens is 332 g/mol. The molecular formula is C20H26N2O4. The molecule has 26 heavy (non-hydrogen) atoms. The summed E-state index contributed by atoms with van der Waals surface area (Å²) in [4.78, 5) is 28.9. The van der Waals surface area contributed by atoms with Crippen LogP contribution in [0.1, 0.15) is 29.6 Å². The molecule has 0 bridgehead atoms. The third-order valence-corrected chi connectivity index (χ3v) is 5.07. The van der Waals surface area contributed by atoms with Crippen molar-refractivity contribution in [2.45, 2.75) is 19.3 Å². The van der Waals surface area contributed by atoms with Gasteiger partial charge < -0.3 is 19.3 Å². The molecule has 2 amide bonds. The summed E-state index contributed by atoms with van der Waals surface area (Å²) in [5, 5.41) is 0. The first-order valence-electron chi connectivity index (χ1n) is 9.07. The zero-order valence-electron chi connectivity index (χ0n) is 15.4. The highest BCUT2D eigenvalue weighted by Crippen LogP contribution is 2.24. The van der Waals surface area contributed by atoms with E-state index >= 15 is 0 Å². The molecule has 3 rings (SSSR count). The number of benzene rings is 1. The second-order valence-electron chi connectivity index (χ2n) is 6.74. The van der Waals surface area contributed by atoms with Gasteiger partial charge in [0.15, 0.2) is 0 Å². The molecule has 140 valence electrons. The summed E-state index contributed by atoms with van der Waals surface area (Å²) in [6.07, 6.45) is 7.02. The highest BCUT2D eigenvalue weighted by molar-refractivity contribution is 5.95. The smallest absolute Gasteiger partial charge is 0.254 e. The molecule has 1 fully saturated rings. The molecule has 0 aromatic heterocycles. The van der Waals surface area contributed by atoms with Crippen LogP contribution in [0.15, 0.2) is 30.4 Å². The van der Waals surface area contributed by atoms with Gasteiger partial charge in [0.05, 0.1) is 14.2 Å². The molecule has 1 aromatic carbocycles. The van der Waals surface area contributed by atoms with Crippen molar-refractivity contribution in [2.75, 3.05) is 40.4 Å². The minimum Gasteiger partial charge on any atom is -0.497 e. The molecule has 1 saturated heterocycles. The predicted octanol–water partition coefficient (Wildman–Crippen LogP) is 2.34. The average molecular weight is 358 g/mol. The van der Waals surface area contributed by atoms with Crippen molar-refractivity contribution in [3.63, 3.8) is 0 Å². The van der Waals surface area contributed by atoms with Gasteiger partial charge in [-0.25, -0.2) is 0 Å². The monoisotopic (exact) mass is 358 g/mol. The molecule has 1 atom stereocenters. The zero-order valence-corrected chi connectivity index (χ0v) is 15.4. The maximum Gasteiger partial charge on any atom is 0.254 e. The van der Waals surface area contributed by atoms with Gasteiger partial charge in [0.1, 0.15) is 11.5 Å². The summed E-state index contributed by atoms with van der Waals surface area (Å²) in [6, 6.07) is 5.18. The predicted molar refractivity (Wildman–Crippen MR) is 98.5 cm³/mol. The molecule has 0 spiro atoms. The molecule has 0 radical (unpaired) electrons. The van der Waals surface area contributed by atoms with E-state index < -0.39 is 0 Å². The zero-order chi connectivity index (χ0) is 18.5. The third-order valence-electron chi connectivity index (χ3n) is 5.07. The van der Waals surface area contributed by atoms with E-state index in [1.807, 2.05) is 4.90 Å². The highest BCUT2D eigenvalue weighted by atomic mass is 16.5. The normalized spacial score (nSPS) is 19.5. The lowest BCUT2D eigenvalue weighted by atomic mass is 10.0. The van der Waals surface area contributed by atoms with E-state index in [4.69, 9.17) is 9.47 Å². The number of hydrogen-bond donors (Lipinski definition) is 0. The van der Waals surface area contributed by atoms with E-state index in [-0.39, 0.29) is 11.8 Å². The van der Waals surface area contributed by atoms with Crippen LogP contribution in [-0.2, 0) is 4.79 Å². The van der Waals surface area contributed by atoms with Crippen LogP contribution in [0, 0.1) is 5.92 Å². The number of hydrogen-bond acceptors (Lipinski definition) is 4. The van der Waals surface area contributed by atoms with Gasteiger partial charge in [-0.05, 0) is 30.9 Å². The van der Waals surface area contributed by atoms with Gasteiger partial charge in [0.2, 0.25) is 5.91 Å². The van der Waals surface area contributed by atoms with Crippen molar-refractivity contribution in [1.82, 2.24) is 9.80 Å². The number of carbonyl (C=O) groups is 2. The van der Waals surface area contributed by atoms with E-state index in [1.165, 1.54) is 0 Å². The molecule has 0 saturated carbocycles. The SMILES string of the molecule is COc1cc(OC)cc(C(=O)N2CCN(C(=O)CC3C=CCC3)CC2)c1. The van der Waals surface area contributed by atoms with Gasteiger partial charge in [-0.15, -0.1) is 0 Å². The molecule has 1 aromatic rings. The maximum atomic E-state index is 12.8. The first kappa shape index (κ1) is 18.3. The van der Waals surface area contributed by atoms with Crippen molar-refractivity contribution in [1.29, 1.82) is 0 Å². The van der Waals surface area contributed by atoms with E-state index in [9.17, 15) is 9.59 Å². The Morgan fingerprint density at radius 3 is 2.15 bits per heavy atom. The molecule has 1 unspecified atom stereocenters. The van der Waals surface area contributed by atoms with Gasteiger partial charge in [0, 0.05) is 44.2 Å². The summed E-state index contributed by atoms with van der Waals surface area (Å²) in [5.74, 6) is 1.69. The molecule has 2 aliphatic rings. The Labute approximate surface area is 154 Å². The van der Waals surface area contributed by atoms with Crippen LogP contribution in [0.25, 0.3) is 0 Å². The van der Waals surface area contributed by atoms with Crippen molar-refractivity contribution in [3.05, 3.63) is 35.9 Å². The lowest BCUT2D eigenvalue weighted by molar-refractivity contribution is -0.133. The standard InChI is InChI=1S/C20H26N2O4/c1-25-17-12-16(13-18(14-17)26-2)20(24)22-9-7-21(8-10-22)19(23)11-15-5-3-4-6-15/h3,5,12-15H,4,6-11H2,1-2H3. The number of amides is 2. The third kappa shape index (κ3) is 4.18. The Morgan fingerprint density at radius 1 is 1.00 bits per heavy atom. The molecule has 6 heteroatoms. The van der Waals surface area contributed by atoms with Crippen LogP contribution >= 0.6 is 0 Å². The maximum absolute atomic E-state index is 12.8. The van der Waals surface area contributed by atoms with Gasteiger partial charge in [-0.2, -0.15) is 0 Å². The first-order valence-corrected chi connectivity index (χ1v) is 9.07. The number of rotatable bonds is 5. The van der Waals surface area contributed by atoms with Crippen molar-refractivity contribution < 1.29 is 19.1 Å². The fourth-order valence-corrected chi connectivity index (χ4v) is 3.49. The molecule has 1 aliphatic heterocycles. The van der Waals surface area contributed by atoms with Gasteiger partial charge in [0.25, 0.3) is 5.91 Å². The number of ether oxygens (including phenoxy) is 2. The van der Waals surface area contributed by atoms with E-state index in [0.29, 0.717) is 55.6 Å². The van der Waals surface area contributed by atoms with Gasteiger partial charge in [-0.3, -0.25) is 9.59 Å². The second kappa shape index (κ2) is 8.25. The Hall–Kier alpha value is -2.50. The lowest BCUT2D eigenvalue weighted by Crippen LogP contribution is -2.50. The average Bonchev–Trinajstić information content (AvgIpc) is 3.20. The fraction of sp³-hybridized carbons (Fsp3) is 0.500. The van der Waals surface area contributed by atoms with Gasteiger partial charge in [-0.1, -0.05) is 12.2 Å². The van der Waals surface area contributed by atoms with Crippen LogP contribution < -0.4 is 9.47 Å². The Morgan fingerprint density at radius 2 is 1.62 bits per heavy atom. The molecule has 6 nitrogen and oxygen atoms in total. The van der Waals surface area contributed by atoms with Crippen LogP contribution in [0.3, 0.4) is 0 Å². The second-order valence-corrected chi connectivity index (χ2v) is 6.74. The highest BCUT2D eigenvalue weighted by Gasteiger charge is 2.26. The van der Waals surface area contributed by atoms with Crippen LogP contribution in [0.2, 0.25) is 0 Å². The fourth-order valence-electron chi connectivity index (χ4n) is 3.49. The topological polar surface area (TPSA) is 59.1 Å². The number of allylic oxidation sites excluding steroid dienone is 2. The molecule has 1 aliphatic carbocycles. The number of nitrogens with zero attached hydrogens (tertiary/aromatic N) is 2. The van der Waals surface area contributed by atoms with Crippen molar-refractivity contribution in [3.8, 4) is 11.5 Å². The van der Waals surface area contributed by atoms with Crippen LogP contribution in [0.5, 0.6) is 11.5 Å².